The Hall–Kier alpha value is -2.81. The highest BCUT2D eigenvalue weighted by molar-refractivity contribution is 5.99. The van der Waals surface area contributed by atoms with Crippen molar-refractivity contribution in [3.8, 4) is 6.07 Å². The number of para-hydroxylation sites is 1. The van der Waals surface area contributed by atoms with Crippen LogP contribution in [-0.2, 0) is 11.8 Å². The van der Waals surface area contributed by atoms with Crippen molar-refractivity contribution >= 4 is 22.7 Å². The third kappa shape index (κ3) is 3.72. The van der Waals surface area contributed by atoms with Crippen LogP contribution in [0, 0.1) is 17.2 Å². The van der Waals surface area contributed by atoms with Gasteiger partial charge in [0.2, 0.25) is 5.91 Å². The number of aromatic nitrogens is 1. The molecular formula is C20H24N4O2. The van der Waals surface area contributed by atoms with Crippen LogP contribution in [0.15, 0.2) is 30.3 Å². The van der Waals surface area contributed by atoms with Gasteiger partial charge in [0, 0.05) is 24.0 Å². The number of benzene rings is 1. The Morgan fingerprint density at radius 3 is 2.77 bits per heavy atom. The van der Waals surface area contributed by atoms with Crippen LogP contribution in [0.1, 0.15) is 42.6 Å². The van der Waals surface area contributed by atoms with Crippen molar-refractivity contribution in [3.05, 3.63) is 36.0 Å². The van der Waals surface area contributed by atoms with Crippen LogP contribution in [0.25, 0.3) is 10.9 Å². The molecule has 1 aliphatic carbocycles. The largest absolute Gasteiger partial charge is 0.347 e. The minimum absolute atomic E-state index is 0.000794. The molecule has 0 saturated heterocycles. The Labute approximate surface area is 153 Å². The fourth-order valence-corrected chi connectivity index (χ4v) is 3.80. The highest BCUT2D eigenvalue weighted by Gasteiger charge is 2.31. The lowest BCUT2D eigenvalue weighted by Crippen LogP contribution is -2.46. The van der Waals surface area contributed by atoms with Crippen molar-refractivity contribution in [2.75, 3.05) is 6.54 Å². The van der Waals surface area contributed by atoms with Crippen LogP contribution in [0.4, 0.5) is 0 Å². The first-order valence-electron chi connectivity index (χ1n) is 9.12. The normalized spacial score (nSPS) is 20.2. The van der Waals surface area contributed by atoms with E-state index in [4.69, 9.17) is 5.26 Å². The second-order valence-corrected chi connectivity index (χ2v) is 6.85. The van der Waals surface area contributed by atoms with Gasteiger partial charge in [-0.05, 0) is 25.0 Å². The van der Waals surface area contributed by atoms with Gasteiger partial charge in [-0.15, -0.1) is 0 Å². The summed E-state index contributed by atoms with van der Waals surface area (Å²) in [6.07, 6.45) is 4.52. The second-order valence-electron chi connectivity index (χ2n) is 6.85. The molecule has 26 heavy (non-hydrogen) atoms. The topological polar surface area (TPSA) is 86.9 Å². The molecule has 6 heteroatoms. The van der Waals surface area contributed by atoms with E-state index in [1.54, 1.807) is 0 Å². The number of carbonyl (C=O) groups is 2. The van der Waals surface area contributed by atoms with E-state index in [0.29, 0.717) is 5.69 Å². The predicted octanol–water partition coefficient (Wildman–Crippen LogP) is 2.50. The number of nitrogens with one attached hydrogen (secondary N) is 2. The molecule has 2 aromatic rings. The summed E-state index contributed by atoms with van der Waals surface area (Å²) in [5.74, 6) is -0.589. The molecule has 1 heterocycles. The molecule has 6 nitrogen and oxygen atoms in total. The Bertz CT molecular complexity index is 849. The van der Waals surface area contributed by atoms with Crippen molar-refractivity contribution in [1.82, 2.24) is 15.2 Å². The first-order chi connectivity index (χ1) is 12.6. The van der Waals surface area contributed by atoms with Crippen LogP contribution >= 0.6 is 0 Å². The van der Waals surface area contributed by atoms with Crippen LogP contribution in [-0.4, -0.2) is 29.0 Å². The van der Waals surface area contributed by atoms with E-state index in [0.717, 1.165) is 43.0 Å². The minimum atomic E-state index is -0.288. The Morgan fingerprint density at radius 1 is 1.23 bits per heavy atom. The first-order valence-corrected chi connectivity index (χ1v) is 9.12. The lowest BCUT2D eigenvalue weighted by atomic mass is 9.93. The standard InChI is InChI=1S/C20H24N4O2/c1-24-17-10-6-5-7-14(17)13-18(24)20(26)23-16-9-4-2-3-8-15(16)19(25)22-12-11-21/h5-7,10,13,15-16H,2-4,8-9,12H2,1H3,(H,22,25)(H,23,26)/t15-,16+/m1/s1. The summed E-state index contributed by atoms with van der Waals surface area (Å²) in [7, 11) is 1.88. The molecule has 0 aliphatic heterocycles. The van der Waals surface area contributed by atoms with Gasteiger partial charge in [0.15, 0.2) is 0 Å². The van der Waals surface area contributed by atoms with Gasteiger partial charge in [-0.3, -0.25) is 9.59 Å². The van der Waals surface area contributed by atoms with Crippen molar-refractivity contribution in [2.45, 2.75) is 38.1 Å². The van der Waals surface area contributed by atoms with Gasteiger partial charge in [0.05, 0.1) is 12.0 Å². The van der Waals surface area contributed by atoms with Gasteiger partial charge in [-0.1, -0.05) is 37.5 Å². The summed E-state index contributed by atoms with van der Waals surface area (Å²) < 4.78 is 1.88. The maximum Gasteiger partial charge on any atom is 0.268 e. The quantitative estimate of drug-likeness (QED) is 0.655. The zero-order chi connectivity index (χ0) is 18.5. The van der Waals surface area contributed by atoms with E-state index in [2.05, 4.69) is 10.6 Å². The molecule has 1 fully saturated rings. The molecule has 1 aromatic heterocycles. The Morgan fingerprint density at radius 2 is 2.00 bits per heavy atom. The third-order valence-corrected chi connectivity index (χ3v) is 5.20. The van der Waals surface area contributed by atoms with E-state index >= 15 is 0 Å². The molecule has 0 spiro atoms. The smallest absolute Gasteiger partial charge is 0.268 e. The van der Waals surface area contributed by atoms with Crippen LogP contribution in [0.5, 0.6) is 0 Å². The minimum Gasteiger partial charge on any atom is -0.347 e. The predicted molar refractivity (Wildman–Crippen MR) is 99.4 cm³/mol. The van der Waals surface area contributed by atoms with E-state index in [1.807, 2.05) is 48.0 Å². The molecule has 1 aromatic carbocycles. The van der Waals surface area contributed by atoms with Gasteiger partial charge in [0.1, 0.15) is 12.2 Å². The number of hydrogen-bond donors (Lipinski definition) is 2. The number of amides is 2. The molecule has 2 atom stereocenters. The summed E-state index contributed by atoms with van der Waals surface area (Å²) in [6.45, 7) is -0.000794. The molecule has 2 N–H and O–H groups in total. The Kier molecular flexibility index (Phi) is 5.57. The summed E-state index contributed by atoms with van der Waals surface area (Å²) in [4.78, 5) is 25.3. The fraction of sp³-hybridized carbons (Fsp3) is 0.450. The van der Waals surface area contributed by atoms with E-state index in [9.17, 15) is 9.59 Å². The average Bonchev–Trinajstić information content (AvgIpc) is 2.82. The maximum atomic E-state index is 12.9. The van der Waals surface area contributed by atoms with Crippen molar-refractivity contribution in [3.63, 3.8) is 0 Å². The first kappa shape index (κ1) is 18.0. The fourth-order valence-electron chi connectivity index (χ4n) is 3.80. The summed E-state index contributed by atoms with van der Waals surface area (Å²) >= 11 is 0. The lowest BCUT2D eigenvalue weighted by Gasteiger charge is -2.25. The summed E-state index contributed by atoms with van der Waals surface area (Å²) in [6, 6.07) is 11.5. The molecule has 136 valence electrons. The number of aryl methyl sites for hydroxylation is 1. The van der Waals surface area contributed by atoms with Crippen molar-refractivity contribution < 1.29 is 9.59 Å². The number of fused-ring (bicyclic) bond motifs is 1. The number of hydrogen-bond acceptors (Lipinski definition) is 3. The highest BCUT2D eigenvalue weighted by Crippen LogP contribution is 2.25. The molecule has 1 aliphatic rings. The van der Waals surface area contributed by atoms with E-state index in [-0.39, 0.29) is 30.3 Å². The van der Waals surface area contributed by atoms with Crippen LogP contribution in [0.2, 0.25) is 0 Å². The van der Waals surface area contributed by atoms with Gasteiger partial charge < -0.3 is 15.2 Å². The van der Waals surface area contributed by atoms with Gasteiger partial charge in [-0.2, -0.15) is 5.26 Å². The molecular weight excluding hydrogens is 328 g/mol. The van der Waals surface area contributed by atoms with E-state index in [1.165, 1.54) is 0 Å². The highest BCUT2D eigenvalue weighted by atomic mass is 16.2. The molecule has 0 unspecified atom stereocenters. The molecule has 0 bridgehead atoms. The summed E-state index contributed by atoms with van der Waals surface area (Å²) in [5.41, 5.74) is 1.59. The number of nitriles is 1. The monoisotopic (exact) mass is 352 g/mol. The maximum absolute atomic E-state index is 12.9. The van der Waals surface area contributed by atoms with Crippen LogP contribution < -0.4 is 10.6 Å². The van der Waals surface area contributed by atoms with Gasteiger partial charge >= 0.3 is 0 Å². The number of carbonyl (C=O) groups excluding carboxylic acids is 2. The zero-order valence-electron chi connectivity index (χ0n) is 15.0. The average molecular weight is 352 g/mol. The van der Waals surface area contributed by atoms with Crippen molar-refractivity contribution in [1.29, 1.82) is 5.26 Å². The second kappa shape index (κ2) is 8.05. The molecule has 3 rings (SSSR count). The lowest BCUT2D eigenvalue weighted by molar-refractivity contribution is -0.125. The van der Waals surface area contributed by atoms with Gasteiger partial charge in [0.25, 0.3) is 5.91 Å². The SMILES string of the molecule is Cn1c(C(=O)N[C@H]2CCCCC[C@H]2C(=O)NCC#N)cc2ccccc21. The Balaban J connectivity index is 1.79. The molecule has 1 saturated carbocycles. The summed E-state index contributed by atoms with van der Waals surface area (Å²) in [5, 5.41) is 15.4. The van der Waals surface area contributed by atoms with Gasteiger partial charge in [-0.25, -0.2) is 0 Å². The number of rotatable bonds is 4. The zero-order valence-corrected chi connectivity index (χ0v) is 15.0. The third-order valence-electron chi connectivity index (χ3n) is 5.20. The molecule has 2 amide bonds. The molecule has 0 radical (unpaired) electrons. The van der Waals surface area contributed by atoms with E-state index < -0.39 is 0 Å². The van der Waals surface area contributed by atoms with Crippen molar-refractivity contribution in [2.24, 2.45) is 13.0 Å². The van der Waals surface area contributed by atoms with Crippen LogP contribution in [0.3, 0.4) is 0 Å². The number of nitrogens with zero attached hydrogens (tertiary/aromatic N) is 2.